The third-order valence-corrected chi connectivity index (χ3v) is 4.07. The second kappa shape index (κ2) is 7.79. The minimum absolute atomic E-state index is 0.0995. The van der Waals surface area contributed by atoms with Crippen LogP contribution < -0.4 is 15.4 Å². The zero-order valence-electron chi connectivity index (χ0n) is 14.1. The quantitative estimate of drug-likeness (QED) is 0.811. The van der Waals surface area contributed by atoms with Crippen molar-refractivity contribution in [2.24, 2.45) is 11.8 Å². The molecule has 0 aliphatic heterocycles. The van der Waals surface area contributed by atoms with Crippen LogP contribution in [-0.2, 0) is 16.1 Å². The van der Waals surface area contributed by atoms with E-state index in [4.69, 9.17) is 4.74 Å². The Morgan fingerprint density at radius 3 is 2.56 bits per heavy atom. The van der Waals surface area contributed by atoms with E-state index in [1.54, 1.807) is 18.3 Å². The minimum atomic E-state index is -0.268. The van der Waals surface area contributed by atoms with Crippen LogP contribution in [0.25, 0.3) is 0 Å². The Balaban J connectivity index is 1.45. The third kappa shape index (κ3) is 4.56. The summed E-state index contributed by atoms with van der Waals surface area (Å²) in [4.78, 5) is 28.5. The van der Waals surface area contributed by atoms with Gasteiger partial charge in [-0.15, -0.1) is 0 Å². The van der Waals surface area contributed by atoms with Gasteiger partial charge in [0.2, 0.25) is 11.8 Å². The number of carbonyl (C=O) groups excluding carboxylic acids is 2. The maximum atomic E-state index is 12.2. The van der Waals surface area contributed by atoms with Gasteiger partial charge in [-0.05, 0) is 49.7 Å². The summed E-state index contributed by atoms with van der Waals surface area (Å²) < 4.78 is 5.37. The molecule has 6 heteroatoms. The second-order valence-electron chi connectivity index (χ2n) is 5.93. The second-order valence-corrected chi connectivity index (χ2v) is 5.93. The van der Waals surface area contributed by atoms with E-state index in [0.717, 1.165) is 11.4 Å². The molecule has 6 nitrogen and oxygen atoms in total. The molecule has 130 valence electrons. The standard InChI is InChI=1S/C19H21N3O3/c1-2-25-15-8-6-13(7-9-15)22-19(24)17-11-16(17)18(23)21-12-14-5-3-4-10-20-14/h3-10,16-17H,2,11-12H2,1H3,(H,21,23)(H,22,24). The van der Waals surface area contributed by atoms with Gasteiger partial charge >= 0.3 is 0 Å². The van der Waals surface area contributed by atoms with Crippen LogP contribution in [0, 0.1) is 11.8 Å². The Morgan fingerprint density at radius 2 is 1.88 bits per heavy atom. The van der Waals surface area contributed by atoms with Gasteiger partial charge in [-0.25, -0.2) is 0 Å². The summed E-state index contributed by atoms with van der Waals surface area (Å²) >= 11 is 0. The highest BCUT2D eigenvalue weighted by Gasteiger charge is 2.47. The van der Waals surface area contributed by atoms with Crippen molar-refractivity contribution >= 4 is 17.5 Å². The van der Waals surface area contributed by atoms with Gasteiger partial charge in [0.05, 0.1) is 30.7 Å². The minimum Gasteiger partial charge on any atom is -0.494 e. The summed E-state index contributed by atoms with van der Waals surface area (Å²) in [6.07, 6.45) is 2.27. The summed E-state index contributed by atoms with van der Waals surface area (Å²) in [7, 11) is 0. The van der Waals surface area contributed by atoms with Gasteiger partial charge in [-0.2, -0.15) is 0 Å². The first-order valence-electron chi connectivity index (χ1n) is 8.38. The number of pyridine rings is 1. The van der Waals surface area contributed by atoms with E-state index < -0.39 is 0 Å². The molecule has 1 saturated carbocycles. The van der Waals surface area contributed by atoms with Crippen molar-refractivity contribution in [1.82, 2.24) is 10.3 Å². The van der Waals surface area contributed by atoms with E-state index in [2.05, 4.69) is 15.6 Å². The average molecular weight is 339 g/mol. The molecular weight excluding hydrogens is 318 g/mol. The lowest BCUT2D eigenvalue weighted by molar-refractivity contribution is -0.125. The number of rotatable bonds is 7. The number of nitrogens with zero attached hydrogens (tertiary/aromatic N) is 1. The molecule has 0 saturated heterocycles. The van der Waals surface area contributed by atoms with Crippen LogP contribution in [0.2, 0.25) is 0 Å². The van der Waals surface area contributed by atoms with E-state index in [1.807, 2.05) is 37.3 Å². The molecular formula is C19H21N3O3. The maximum absolute atomic E-state index is 12.2. The first-order chi connectivity index (χ1) is 12.2. The molecule has 1 aliphatic rings. The Hall–Kier alpha value is -2.89. The number of aromatic nitrogens is 1. The summed E-state index contributed by atoms with van der Waals surface area (Å²) in [6.45, 7) is 2.90. The smallest absolute Gasteiger partial charge is 0.228 e. The fourth-order valence-electron chi connectivity index (χ4n) is 2.62. The SMILES string of the molecule is CCOc1ccc(NC(=O)C2CC2C(=O)NCc2ccccn2)cc1. The summed E-state index contributed by atoms with van der Waals surface area (Å²) in [5, 5.41) is 5.68. The maximum Gasteiger partial charge on any atom is 0.228 e. The molecule has 1 aromatic carbocycles. The molecule has 2 N–H and O–H groups in total. The molecule has 3 rings (SSSR count). The number of carbonyl (C=O) groups is 2. The highest BCUT2D eigenvalue weighted by Crippen LogP contribution is 2.39. The van der Waals surface area contributed by atoms with E-state index in [9.17, 15) is 9.59 Å². The Kier molecular flexibility index (Phi) is 5.28. The lowest BCUT2D eigenvalue weighted by Crippen LogP contribution is -2.27. The highest BCUT2D eigenvalue weighted by atomic mass is 16.5. The van der Waals surface area contributed by atoms with Crippen molar-refractivity contribution in [3.05, 3.63) is 54.4 Å². The normalized spacial score (nSPS) is 18.3. The molecule has 1 aliphatic carbocycles. The first-order valence-corrected chi connectivity index (χ1v) is 8.38. The Bertz CT molecular complexity index is 731. The van der Waals surface area contributed by atoms with Crippen LogP contribution in [0.1, 0.15) is 19.0 Å². The number of amides is 2. The van der Waals surface area contributed by atoms with Crippen molar-refractivity contribution in [3.8, 4) is 5.75 Å². The van der Waals surface area contributed by atoms with Gasteiger partial charge < -0.3 is 15.4 Å². The third-order valence-electron chi connectivity index (χ3n) is 4.07. The van der Waals surface area contributed by atoms with Crippen molar-refractivity contribution in [2.45, 2.75) is 19.9 Å². The van der Waals surface area contributed by atoms with Gasteiger partial charge in [0.1, 0.15) is 5.75 Å². The molecule has 1 fully saturated rings. The number of anilines is 1. The number of nitrogens with one attached hydrogen (secondary N) is 2. The molecule has 1 heterocycles. The van der Waals surface area contributed by atoms with Crippen LogP contribution in [0.4, 0.5) is 5.69 Å². The largest absolute Gasteiger partial charge is 0.494 e. The predicted molar refractivity (Wildman–Crippen MR) is 93.9 cm³/mol. The van der Waals surface area contributed by atoms with Crippen LogP contribution >= 0.6 is 0 Å². The topological polar surface area (TPSA) is 80.3 Å². The van der Waals surface area contributed by atoms with Gasteiger partial charge in [-0.1, -0.05) is 6.07 Å². The van der Waals surface area contributed by atoms with Gasteiger partial charge in [-0.3, -0.25) is 14.6 Å². The van der Waals surface area contributed by atoms with Gasteiger partial charge in [0.25, 0.3) is 0 Å². The molecule has 25 heavy (non-hydrogen) atoms. The van der Waals surface area contributed by atoms with Crippen molar-refractivity contribution < 1.29 is 14.3 Å². The average Bonchev–Trinajstić information content (AvgIpc) is 3.43. The molecule has 0 bridgehead atoms. The van der Waals surface area contributed by atoms with E-state index in [-0.39, 0.29) is 23.7 Å². The fourth-order valence-corrected chi connectivity index (χ4v) is 2.62. The lowest BCUT2D eigenvalue weighted by Gasteiger charge is -2.07. The lowest BCUT2D eigenvalue weighted by atomic mass is 10.2. The molecule has 2 unspecified atom stereocenters. The first kappa shape index (κ1) is 17.0. The monoisotopic (exact) mass is 339 g/mol. The molecule has 2 amide bonds. The summed E-state index contributed by atoms with van der Waals surface area (Å²) in [5.74, 6) is 0.0139. The van der Waals surface area contributed by atoms with Crippen molar-refractivity contribution in [1.29, 1.82) is 0 Å². The van der Waals surface area contributed by atoms with E-state index in [1.165, 1.54) is 0 Å². The van der Waals surface area contributed by atoms with Crippen LogP contribution in [0.5, 0.6) is 5.75 Å². The molecule has 2 aromatic rings. The van der Waals surface area contributed by atoms with Crippen molar-refractivity contribution in [2.75, 3.05) is 11.9 Å². The van der Waals surface area contributed by atoms with Crippen LogP contribution in [0.3, 0.4) is 0 Å². The molecule has 2 atom stereocenters. The predicted octanol–water partition coefficient (Wildman–Crippen LogP) is 2.37. The van der Waals surface area contributed by atoms with Gasteiger partial charge in [0.15, 0.2) is 0 Å². The number of hydrogen-bond acceptors (Lipinski definition) is 4. The zero-order chi connectivity index (χ0) is 17.6. The van der Waals surface area contributed by atoms with E-state index >= 15 is 0 Å². The van der Waals surface area contributed by atoms with Crippen molar-refractivity contribution in [3.63, 3.8) is 0 Å². The fraction of sp³-hybridized carbons (Fsp3) is 0.316. The van der Waals surface area contributed by atoms with Crippen LogP contribution in [-0.4, -0.2) is 23.4 Å². The number of hydrogen-bond donors (Lipinski definition) is 2. The van der Waals surface area contributed by atoms with Gasteiger partial charge in [0, 0.05) is 11.9 Å². The Morgan fingerprint density at radius 1 is 1.12 bits per heavy atom. The molecule has 0 spiro atoms. The highest BCUT2D eigenvalue weighted by molar-refractivity contribution is 5.99. The zero-order valence-corrected chi connectivity index (χ0v) is 14.1. The molecule has 1 aromatic heterocycles. The Labute approximate surface area is 146 Å². The van der Waals surface area contributed by atoms with Crippen LogP contribution in [0.15, 0.2) is 48.7 Å². The summed E-state index contributed by atoms with van der Waals surface area (Å²) in [5.41, 5.74) is 1.50. The number of benzene rings is 1. The molecule has 0 radical (unpaired) electrons. The number of ether oxygens (including phenoxy) is 1. The van der Waals surface area contributed by atoms with E-state index in [0.29, 0.717) is 25.3 Å². The summed E-state index contributed by atoms with van der Waals surface area (Å²) in [6, 6.07) is 12.8.